The summed E-state index contributed by atoms with van der Waals surface area (Å²) in [7, 11) is 0. The number of nitrogens with one attached hydrogen (secondary N) is 3. The van der Waals surface area contributed by atoms with Crippen molar-refractivity contribution in [1.82, 2.24) is 10.6 Å². The summed E-state index contributed by atoms with van der Waals surface area (Å²) < 4.78 is 0. The molecule has 3 N–H and O–H groups in total. The Balaban J connectivity index is 1.95. The van der Waals surface area contributed by atoms with Crippen LogP contribution in [0.1, 0.15) is 29.3 Å². The first-order chi connectivity index (χ1) is 12.6. The first kappa shape index (κ1) is 19.2. The Morgan fingerprint density at radius 1 is 0.808 bits per heavy atom. The summed E-state index contributed by atoms with van der Waals surface area (Å²) in [5.74, 6) is -1.81. The van der Waals surface area contributed by atoms with Crippen LogP contribution in [0.25, 0.3) is 0 Å². The maximum absolute atomic E-state index is 12.4. The van der Waals surface area contributed by atoms with E-state index in [-0.39, 0.29) is 5.91 Å². The van der Waals surface area contributed by atoms with Gasteiger partial charge in [0.2, 0.25) is 0 Å². The number of anilines is 1. The number of amides is 3. The van der Waals surface area contributed by atoms with Crippen LogP contribution >= 0.6 is 0 Å². The van der Waals surface area contributed by atoms with E-state index in [1.165, 1.54) is 0 Å². The molecule has 3 amide bonds. The molecule has 2 aromatic carbocycles. The van der Waals surface area contributed by atoms with Crippen LogP contribution in [-0.4, -0.2) is 30.8 Å². The third-order valence-corrected chi connectivity index (χ3v) is 3.70. The van der Waals surface area contributed by atoms with Crippen LogP contribution < -0.4 is 16.0 Å². The molecule has 2 rings (SSSR count). The van der Waals surface area contributed by atoms with Gasteiger partial charge in [0.05, 0.1) is 11.3 Å². The maximum atomic E-state index is 12.4. The number of carbonyl (C=O) groups is 3. The maximum Gasteiger partial charge on any atom is 0.313 e. The third kappa shape index (κ3) is 5.73. The Bertz CT molecular complexity index is 760. The average Bonchev–Trinajstić information content (AvgIpc) is 2.67. The molecule has 0 unspecified atom stereocenters. The van der Waals surface area contributed by atoms with Crippen LogP contribution in [0, 0.1) is 0 Å². The topological polar surface area (TPSA) is 87.3 Å². The second-order valence-corrected chi connectivity index (χ2v) is 5.75. The van der Waals surface area contributed by atoms with Gasteiger partial charge in [-0.1, -0.05) is 49.4 Å². The van der Waals surface area contributed by atoms with Crippen molar-refractivity contribution in [2.75, 3.05) is 18.4 Å². The fraction of sp³-hybridized carbons (Fsp3) is 0.250. The van der Waals surface area contributed by atoms with Crippen molar-refractivity contribution in [3.8, 4) is 0 Å². The van der Waals surface area contributed by atoms with Gasteiger partial charge in [-0.05, 0) is 30.5 Å². The smallest absolute Gasteiger partial charge is 0.313 e. The molecule has 0 radical (unpaired) electrons. The summed E-state index contributed by atoms with van der Waals surface area (Å²) in [5, 5.41) is 7.83. The quantitative estimate of drug-likeness (QED) is 0.666. The lowest BCUT2D eigenvalue weighted by atomic mass is 10.1. The van der Waals surface area contributed by atoms with Gasteiger partial charge in [-0.3, -0.25) is 14.4 Å². The van der Waals surface area contributed by atoms with E-state index < -0.39 is 11.8 Å². The number of benzene rings is 2. The van der Waals surface area contributed by atoms with Gasteiger partial charge in [-0.15, -0.1) is 0 Å². The van der Waals surface area contributed by atoms with Crippen molar-refractivity contribution in [2.45, 2.75) is 19.8 Å². The van der Waals surface area contributed by atoms with Crippen molar-refractivity contribution in [2.24, 2.45) is 0 Å². The molecule has 136 valence electrons. The minimum Gasteiger partial charge on any atom is -0.352 e. The standard InChI is InChI=1S/C20H23N3O3/c1-2-13-21-19(25)20(26)23-17-11-7-6-10-16(17)18(24)22-14-12-15-8-4-3-5-9-15/h3-11H,2,12-14H2,1H3,(H,21,25)(H,22,24)(H,23,26). The molecule has 0 saturated heterocycles. The number of rotatable bonds is 7. The van der Waals surface area contributed by atoms with Crippen LogP contribution in [0.4, 0.5) is 5.69 Å². The number of hydrogen-bond acceptors (Lipinski definition) is 3. The largest absolute Gasteiger partial charge is 0.352 e. The summed E-state index contributed by atoms with van der Waals surface area (Å²) in [5.41, 5.74) is 1.75. The van der Waals surface area contributed by atoms with Gasteiger partial charge in [0.1, 0.15) is 0 Å². The number of hydrogen-bond donors (Lipinski definition) is 3. The Labute approximate surface area is 153 Å². The predicted molar refractivity (Wildman–Crippen MR) is 101 cm³/mol. The molecule has 0 spiro atoms. The van der Waals surface area contributed by atoms with Gasteiger partial charge < -0.3 is 16.0 Å². The van der Waals surface area contributed by atoms with E-state index in [0.717, 1.165) is 12.0 Å². The average molecular weight is 353 g/mol. The van der Waals surface area contributed by atoms with Gasteiger partial charge >= 0.3 is 11.8 Å². The van der Waals surface area contributed by atoms with E-state index in [9.17, 15) is 14.4 Å². The Hall–Kier alpha value is -3.15. The van der Waals surface area contributed by atoms with Crippen LogP contribution in [-0.2, 0) is 16.0 Å². The first-order valence-corrected chi connectivity index (χ1v) is 8.62. The molecule has 0 fully saturated rings. The van der Waals surface area contributed by atoms with Crippen molar-refractivity contribution in [3.63, 3.8) is 0 Å². The lowest BCUT2D eigenvalue weighted by Crippen LogP contribution is -2.36. The highest BCUT2D eigenvalue weighted by molar-refractivity contribution is 6.40. The van der Waals surface area contributed by atoms with Crippen molar-refractivity contribution in [1.29, 1.82) is 0 Å². The van der Waals surface area contributed by atoms with Crippen LogP contribution in [0.2, 0.25) is 0 Å². The van der Waals surface area contributed by atoms with Crippen molar-refractivity contribution < 1.29 is 14.4 Å². The van der Waals surface area contributed by atoms with Crippen molar-refractivity contribution >= 4 is 23.4 Å². The second kappa shape index (κ2) is 9.98. The molecular formula is C20H23N3O3. The summed E-state index contributed by atoms with van der Waals surface area (Å²) in [6.45, 7) is 2.79. The molecule has 0 aliphatic carbocycles. The van der Waals surface area contributed by atoms with Gasteiger partial charge in [0.25, 0.3) is 5.91 Å². The van der Waals surface area contributed by atoms with Gasteiger partial charge in [0.15, 0.2) is 0 Å². The Morgan fingerprint density at radius 3 is 2.23 bits per heavy atom. The molecular weight excluding hydrogens is 330 g/mol. The van der Waals surface area contributed by atoms with Crippen LogP contribution in [0.15, 0.2) is 54.6 Å². The SMILES string of the molecule is CCCNC(=O)C(=O)Nc1ccccc1C(=O)NCCc1ccccc1. The molecule has 6 nitrogen and oxygen atoms in total. The predicted octanol–water partition coefficient (Wildman–Crippen LogP) is 2.12. The number of carbonyl (C=O) groups excluding carboxylic acids is 3. The zero-order valence-corrected chi connectivity index (χ0v) is 14.7. The molecule has 2 aromatic rings. The second-order valence-electron chi connectivity index (χ2n) is 5.75. The highest BCUT2D eigenvalue weighted by atomic mass is 16.2. The fourth-order valence-electron chi connectivity index (χ4n) is 2.35. The normalized spacial score (nSPS) is 10.0. The highest BCUT2D eigenvalue weighted by Gasteiger charge is 2.17. The van der Waals surface area contributed by atoms with E-state index in [4.69, 9.17) is 0 Å². The minimum absolute atomic E-state index is 0.300. The van der Waals surface area contributed by atoms with E-state index in [1.54, 1.807) is 24.3 Å². The highest BCUT2D eigenvalue weighted by Crippen LogP contribution is 2.15. The third-order valence-electron chi connectivity index (χ3n) is 3.70. The molecule has 26 heavy (non-hydrogen) atoms. The Morgan fingerprint density at radius 2 is 1.50 bits per heavy atom. The first-order valence-electron chi connectivity index (χ1n) is 8.62. The Kier molecular flexibility index (Phi) is 7.36. The zero-order valence-electron chi connectivity index (χ0n) is 14.7. The van der Waals surface area contributed by atoms with Crippen molar-refractivity contribution in [3.05, 3.63) is 65.7 Å². The van der Waals surface area contributed by atoms with Gasteiger partial charge in [-0.25, -0.2) is 0 Å². The van der Waals surface area contributed by atoms with Gasteiger partial charge in [0, 0.05) is 13.1 Å². The lowest BCUT2D eigenvalue weighted by molar-refractivity contribution is -0.136. The van der Waals surface area contributed by atoms with E-state index in [2.05, 4.69) is 16.0 Å². The molecule has 0 heterocycles. The van der Waals surface area contributed by atoms with Gasteiger partial charge in [-0.2, -0.15) is 0 Å². The van der Waals surface area contributed by atoms with E-state index in [1.807, 2.05) is 37.3 Å². The van der Waals surface area contributed by atoms with E-state index in [0.29, 0.717) is 30.8 Å². The molecule has 6 heteroatoms. The molecule has 0 atom stereocenters. The molecule has 0 aliphatic heterocycles. The summed E-state index contributed by atoms with van der Waals surface area (Å²) in [6.07, 6.45) is 1.44. The molecule has 0 aliphatic rings. The summed E-state index contributed by atoms with van der Waals surface area (Å²) in [4.78, 5) is 36.0. The lowest BCUT2D eigenvalue weighted by Gasteiger charge is -2.11. The molecule has 0 bridgehead atoms. The summed E-state index contributed by atoms with van der Waals surface area (Å²) >= 11 is 0. The van der Waals surface area contributed by atoms with Crippen LogP contribution in [0.5, 0.6) is 0 Å². The summed E-state index contributed by atoms with van der Waals surface area (Å²) in [6, 6.07) is 16.4. The molecule has 0 aromatic heterocycles. The number of para-hydroxylation sites is 1. The monoisotopic (exact) mass is 353 g/mol. The van der Waals surface area contributed by atoms with E-state index >= 15 is 0 Å². The fourth-order valence-corrected chi connectivity index (χ4v) is 2.35. The molecule has 0 saturated carbocycles. The minimum atomic E-state index is -0.789. The zero-order chi connectivity index (χ0) is 18.8. The van der Waals surface area contributed by atoms with Crippen LogP contribution in [0.3, 0.4) is 0 Å².